The van der Waals surface area contributed by atoms with E-state index in [1.54, 1.807) is 31.3 Å². The van der Waals surface area contributed by atoms with Crippen molar-refractivity contribution in [1.82, 2.24) is 15.0 Å². The molecule has 4 nitrogen and oxygen atoms in total. The third kappa shape index (κ3) is 2.17. The first-order valence-corrected chi connectivity index (χ1v) is 7.06. The van der Waals surface area contributed by atoms with Crippen LogP contribution in [0.3, 0.4) is 0 Å². The number of thioether (sulfide) groups is 1. The summed E-state index contributed by atoms with van der Waals surface area (Å²) in [6.45, 7) is 0. The van der Waals surface area contributed by atoms with Crippen molar-refractivity contribution in [3.8, 4) is 17.1 Å². The third-order valence-electron chi connectivity index (χ3n) is 2.94. The van der Waals surface area contributed by atoms with Gasteiger partial charge in [-0.3, -0.25) is 4.98 Å². The molecular formula is C14H13N3OS. The summed E-state index contributed by atoms with van der Waals surface area (Å²) in [5.74, 6) is 1.73. The van der Waals surface area contributed by atoms with Gasteiger partial charge in [-0.25, -0.2) is 4.98 Å². The van der Waals surface area contributed by atoms with E-state index in [9.17, 15) is 0 Å². The van der Waals surface area contributed by atoms with Crippen molar-refractivity contribution in [2.75, 3.05) is 13.4 Å². The molecule has 0 aliphatic carbocycles. The highest BCUT2D eigenvalue weighted by Gasteiger charge is 2.08. The minimum Gasteiger partial charge on any atom is -0.496 e. The summed E-state index contributed by atoms with van der Waals surface area (Å²) in [6, 6.07) is 7.94. The Morgan fingerprint density at radius 3 is 2.89 bits per heavy atom. The number of rotatable bonds is 3. The zero-order chi connectivity index (χ0) is 13.2. The van der Waals surface area contributed by atoms with Gasteiger partial charge < -0.3 is 9.72 Å². The Bertz CT molecular complexity index is 691. The van der Waals surface area contributed by atoms with E-state index >= 15 is 0 Å². The molecule has 0 saturated carbocycles. The molecule has 1 aromatic carbocycles. The molecule has 0 amide bonds. The summed E-state index contributed by atoms with van der Waals surface area (Å²) >= 11 is 1.66. The number of aromatic nitrogens is 3. The van der Waals surface area contributed by atoms with Crippen molar-refractivity contribution < 1.29 is 4.74 Å². The topological polar surface area (TPSA) is 50.8 Å². The standard InChI is InChI=1S/C14H13N3OS/c1-18-12-4-3-9(7-13(12)19-2)14-16-10-5-6-15-8-11(10)17-14/h3-8H,1-2H3,(H,16,17). The predicted molar refractivity (Wildman–Crippen MR) is 77.7 cm³/mol. The molecule has 3 rings (SSSR count). The number of methoxy groups -OCH3 is 1. The first kappa shape index (κ1) is 12.0. The largest absolute Gasteiger partial charge is 0.496 e. The molecule has 0 fully saturated rings. The lowest BCUT2D eigenvalue weighted by atomic mass is 10.2. The fraction of sp³-hybridized carbons (Fsp3) is 0.143. The summed E-state index contributed by atoms with van der Waals surface area (Å²) in [7, 11) is 1.68. The molecule has 0 radical (unpaired) electrons. The summed E-state index contributed by atoms with van der Waals surface area (Å²) in [6.07, 6.45) is 5.56. The van der Waals surface area contributed by atoms with E-state index in [1.807, 2.05) is 24.5 Å². The molecular weight excluding hydrogens is 258 g/mol. The van der Waals surface area contributed by atoms with Gasteiger partial charge in [-0.2, -0.15) is 0 Å². The highest BCUT2D eigenvalue weighted by molar-refractivity contribution is 7.98. The van der Waals surface area contributed by atoms with Crippen LogP contribution in [0.5, 0.6) is 5.75 Å². The molecule has 19 heavy (non-hydrogen) atoms. The van der Waals surface area contributed by atoms with Gasteiger partial charge in [0.15, 0.2) is 0 Å². The average Bonchev–Trinajstić information content (AvgIpc) is 2.90. The van der Waals surface area contributed by atoms with E-state index in [2.05, 4.69) is 21.0 Å². The lowest BCUT2D eigenvalue weighted by molar-refractivity contribution is 0.405. The fourth-order valence-electron chi connectivity index (χ4n) is 1.98. The molecule has 0 unspecified atom stereocenters. The number of benzene rings is 1. The number of aromatic amines is 1. The third-order valence-corrected chi connectivity index (χ3v) is 3.70. The Hall–Kier alpha value is -2.01. The van der Waals surface area contributed by atoms with Gasteiger partial charge in [0.25, 0.3) is 0 Å². The smallest absolute Gasteiger partial charge is 0.138 e. The Morgan fingerprint density at radius 2 is 2.16 bits per heavy atom. The lowest BCUT2D eigenvalue weighted by Gasteiger charge is -2.07. The Morgan fingerprint density at radius 1 is 1.26 bits per heavy atom. The normalized spacial score (nSPS) is 10.8. The zero-order valence-corrected chi connectivity index (χ0v) is 11.5. The second-order valence-corrected chi connectivity index (χ2v) is 4.90. The van der Waals surface area contributed by atoms with E-state index in [0.717, 1.165) is 33.1 Å². The minimum atomic E-state index is 0.848. The van der Waals surface area contributed by atoms with E-state index in [1.165, 1.54) is 0 Å². The molecule has 96 valence electrons. The van der Waals surface area contributed by atoms with E-state index in [4.69, 9.17) is 4.74 Å². The van der Waals surface area contributed by atoms with Crippen LogP contribution in [0.1, 0.15) is 0 Å². The zero-order valence-electron chi connectivity index (χ0n) is 10.7. The maximum atomic E-state index is 5.32. The summed E-state index contributed by atoms with van der Waals surface area (Å²) < 4.78 is 5.32. The molecule has 0 aliphatic rings. The highest BCUT2D eigenvalue weighted by Crippen LogP contribution is 2.31. The molecule has 0 aliphatic heterocycles. The second kappa shape index (κ2) is 4.93. The summed E-state index contributed by atoms with van der Waals surface area (Å²) in [5.41, 5.74) is 2.91. The molecule has 3 aromatic rings. The van der Waals surface area contributed by atoms with Gasteiger partial charge in [-0.05, 0) is 30.5 Å². The van der Waals surface area contributed by atoms with Crippen LogP contribution in [0.25, 0.3) is 22.4 Å². The quantitative estimate of drug-likeness (QED) is 0.742. The number of nitrogens with zero attached hydrogens (tertiary/aromatic N) is 2. The molecule has 0 saturated heterocycles. The number of imidazole rings is 1. The molecule has 1 N–H and O–H groups in total. The highest BCUT2D eigenvalue weighted by atomic mass is 32.2. The van der Waals surface area contributed by atoms with Gasteiger partial charge in [-0.15, -0.1) is 11.8 Å². The maximum absolute atomic E-state index is 5.32. The van der Waals surface area contributed by atoms with Crippen LogP contribution in [-0.4, -0.2) is 28.3 Å². The molecule has 5 heteroatoms. The van der Waals surface area contributed by atoms with Crippen LogP contribution < -0.4 is 4.74 Å². The van der Waals surface area contributed by atoms with Crippen molar-refractivity contribution >= 4 is 22.8 Å². The molecule has 2 aromatic heterocycles. The molecule has 2 heterocycles. The second-order valence-electron chi connectivity index (χ2n) is 4.05. The number of ether oxygens (including phenoxy) is 1. The maximum Gasteiger partial charge on any atom is 0.138 e. The fourth-order valence-corrected chi connectivity index (χ4v) is 2.57. The first-order chi connectivity index (χ1) is 9.31. The monoisotopic (exact) mass is 271 g/mol. The number of H-pyrrole nitrogens is 1. The van der Waals surface area contributed by atoms with Crippen molar-refractivity contribution in [3.05, 3.63) is 36.7 Å². The number of fused-ring (bicyclic) bond motifs is 1. The van der Waals surface area contributed by atoms with Gasteiger partial charge in [-0.1, -0.05) is 0 Å². The first-order valence-electron chi connectivity index (χ1n) is 5.84. The number of hydrogen-bond donors (Lipinski definition) is 1. The van der Waals surface area contributed by atoms with Crippen LogP contribution >= 0.6 is 11.8 Å². The average molecular weight is 271 g/mol. The van der Waals surface area contributed by atoms with Crippen molar-refractivity contribution in [1.29, 1.82) is 0 Å². The summed E-state index contributed by atoms with van der Waals surface area (Å²) in [4.78, 5) is 13.0. The van der Waals surface area contributed by atoms with Gasteiger partial charge in [0, 0.05) is 16.7 Å². The van der Waals surface area contributed by atoms with Crippen molar-refractivity contribution in [3.63, 3.8) is 0 Å². The Labute approximate surface area is 115 Å². The van der Waals surface area contributed by atoms with Crippen molar-refractivity contribution in [2.45, 2.75) is 4.90 Å². The van der Waals surface area contributed by atoms with E-state index < -0.39 is 0 Å². The van der Waals surface area contributed by atoms with Crippen molar-refractivity contribution in [2.24, 2.45) is 0 Å². The van der Waals surface area contributed by atoms with Crippen LogP contribution in [-0.2, 0) is 0 Å². The molecule has 0 atom stereocenters. The Kier molecular flexibility index (Phi) is 3.13. The van der Waals surface area contributed by atoms with Crippen LogP contribution in [0.4, 0.5) is 0 Å². The van der Waals surface area contributed by atoms with Gasteiger partial charge in [0.1, 0.15) is 11.6 Å². The van der Waals surface area contributed by atoms with Crippen LogP contribution in [0, 0.1) is 0 Å². The van der Waals surface area contributed by atoms with Crippen LogP contribution in [0.15, 0.2) is 41.6 Å². The molecule has 0 spiro atoms. The number of nitrogens with one attached hydrogen (secondary N) is 1. The molecule has 0 bridgehead atoms. The van der Waals surface area contributed by atoms with E-state index in [-0.39, 0.29) is 0 Å². The van der Waals surface area contributed by atoms with E-state index in [0.29, 0.717) is 0 Å². The number of hydrogen-bond acceptors (Lipinski definition) is 4. The minimum absolute atomic E-state index is 0.848. The van der Waals surface area contributed by atoms with Gasteiger partial charge in [0.2, 0.25) is 0 Å². The number of pyridine rings is 1. The Balaban J connectivity index is 2.10. The van der Waals surface area contributed by atoms with Gasteiger partial charge in [0.05, 0.1) is 24.3 Å². The summed E-state index contributed by atoms with van der Waals surface area (Å²) in [5, 5.41) is 0. The SMILES string of the molecule is COc1ccc(-c2nc3ccncc3[nH]2)cc1SC. The lowest BCUT2D eigenvalue weighted by Crippen LogP contribution is -1.87. The van der Waals surface area contributed by atoms with Gasteiger partial charge >= 0.3 is 0 Å². The van der Waals surface area contributed by atoms with Crippen LogP contribution in [0.2, 0.25) is 0 Å². The predicted octanol–water partition coefficient (Wildman–Crippen LogP) is 3.36.